The Morgan fingerprint density at radius 3 is 2.68 bits per heavy atom. The predicted octanol–water partition coefficient (Wildman–Crippen LogP) is 3.40. The number of rotatable bonds is 5. The fourth-order valence-corrected chi connectivity index (χ4v) is 3.63. The molecular weight excluding hydrogens is 354 g/mol. The molecule has 0 bridgehead atoms. The lowest BCUT2D eigenvalue weighted by molar-refractivity contribution is 0.0923. The van der Waals surface area contributed by atoms with Gasteiger partial charge < -0.3 is 10.1 Å². The van der Waals surface area contributed by atoms with Crippen LogP contribution in [0.15, 0.2) is 48.8 Å². The summed E-state index contributed by atoms with van der Waals surface area (Å²) in [6, 6.07) is 11.4. The smallest absolute Gasteiger partial charge is 0.274 e. The van der Waals surface area contributed by atoms with Crippen LogP contribution in [0.5, 0.6) is 5.75 Å². The normalized spacial score (nSPS) is 14.6. The summed E-state index contributed by atoms with van der Waals surface area (Å²) in [6.07, 6.45) is 8.96. The van der Waals surface area contributed by atoms with Crippen LogP contribution in [0, 0.1) is 0 Å². The third-order valence-electron chi connectivity index (χ3n) is 5.08. The van der Waals surface area contributed by atoms with Crippen molar-refractivity contribution in [1.82, 2.24) is 25.3 Å². The van der Waals surface area contributed by atoms with E-state index in [1.54, 1.807) is 24.2 Å². The topological polar surface area (TPSA) is 81.9 Å². The summed E-state index contributed by atoms with van der Waals surface area (Å²) in [7, 11) is 1.62. The Kier molecular flexibility index (Phi) is 5.32. The van der Waals surface area contributed by atoms with Crippen LogP contribution < -0.4 is 10.1 Å². The molecule has 4 rings (SSSR count). The van der Waals surface area contributed by atoms with Crippen molar-refractivity contribution in [3.8, 4) is 22.7 Å². The van der Waals surface area contributed by atoms with Crippen molar-refractivity contribution in [3.05, 3.63) is 54.5 Å². The number of benzene rings is 1. The quantitative estimate of drug-likeness (QED) is 0.737. The number of nitrogens with one attached hydrogen (secondary N) is 1. The maximum absolute atomic E-state index is 13.0. The van der Waals surface area contributed by atoms with Gasteiger partial charge in [-0.15, -0.1) is 5.10 Å². The molecule has 7 heteroatoms. The van der Waals surface area contributed by atoms with Crippen molar-refractivity contribution in [2.24, 2.45) is 0 Å². The Morgan fingerprint density at radius 1 is 1.14 bits per heavy atom. The summed E-state index contributed by atoms with van der Waals surface area (Å²) >= 11 is 0. The number of hydrogen-bond acceptors (Lipinski definition) is 5. The molecule has 2 heterocycles. The van der Waals surface area contributed by atoms with E-state index in [1.807, 2.05) is 36.4 Å². The van der Waals surface area contributed by atoms with Crippen LogP contribution in [0.4, 0.5) is 0 Å². The molecule has 0 aliphatic heterocycles. The van der Waals surface area contributed by atoms with E-state index in [0.717, 1.165) is 36.9 Å². The maximum Gasteiger partial charge on any atom is 0.274 e. The van der Waals surface area contributed by atoms with Crippen LogP contribution >= 0.6 is 0 Å². The summed E-state index contributed by atoms with van der Waals surface area (Å²) in [4.78, 5) is 17.1. The molecule has 1 amide bonds. The van der Waals surface area contributed by atoms with Gasteiger partial charge in [0.2, 0.25) is 0 Å². The fourth-order valence-electron chi connectivity index (χ4n) is 3.63. The summed E-state index contributed by atoms with van der Waals surface area (Å²) in [5.74, 6) is 0.523. The van der Waals surface area contributed by atoms with Gasteiger partial charge in [0.1, 0.15) is 11.4 Å². The Hall–Kier alpha value is -3.22. The second-order valence-electron chi connectivity index (χ2n) is 6.94. The lowest BCUT2D eigenvalue weighted by Gasteiger charge is -2.22. The van der Waals surface area contributed by atoms with Crippen LogP contribution in [0.3, 0.4) is 0 Å². The molecule has 3 aromatic rings. The zero-order valence-corrected chi connectivity index (χ0v) is 15.8. The first-order chi connectivity index (χ1) is 13.8. The van der Waals surface area contributed by atoms with Crippen LogP contribution in [-0.2, 0) is 0 Å². The highest BCUT2D eigenvalue weighted by Crippen LogP contribution is 2.27. The molecule has 0 atom stereocenters. The second kappa shape index (κ2) is 8.21. The number of carbonyl (C=O) groups excluding carboxylic acids is 1. The van der Waals surface area contributed by atoms with Gasteiger partial charge in [-0.3, -0.25) is 9.78 Å². The third kappa shape index (κ3) is 3.74. The molecule has 1 fully saturated rings. The first kappa shape index (κ1) is 18.2. The molecular formula is C21H23N5O2. The molecule has 1 aliphatic rings. The molecule has 28 heavy (non-hydrogen) atoms. The largest absolute Gasteiger partial charge is 0.497 e. The monoisotopic (exact) mass is 377 g/mol. The van der Waals surface area contributed by atoms with Crippen LogP contribution in [0.2, 0.25) is 0 Å². The highest BCUT2D eigenvalue weighted by Gasteiger charge is 2.25. The number of aromatic nitrogens is 4. The summed E-state index contributed by atoms with van der Waals surface area (Å²) in [5, 5.41) is 11.6. The van der Waals surface area contributed by atoms with E-state index in [0.29, 0.717) is 17.1 Å². The number of methoxy groups -OCH3 is 1. The molecule has 2 aromatic heterocycles. The van der Waals surface area contributed by atoms with Crippen molar-refractivity contribution in [2.45, 2.75) is 38.1 Å². The number of pyridine rings is 1. The number of hydrogen-bond donors (Lipinski definition) is 1. The van der Waals surface area contributed by atoms with E-state index in [2.05, 4.69) is 20.6 Å². The van der Waals surface area contributed by atoms with E-state index >= 15 is 0 Å². The zero-order chi connectivity index (χ0) is 19.3. The zero-order valence-electron chi connectivity index (χ0n) is 15.8. The minimum absolute atomic E-state index is 0.187. The number of carbonyl (C=O) groups is 1. The van der Waals surface area contributed by atoms with Gasteiger partial charge in [-0.1, -0.05) is 30.5 Å². The van der Waals surface area contributed by atoms with Gasteiger partial charge in [0, 0.05) is 30.1 Å². The predicted molar refractivity (Wildman–Crippen MR) is 105 cm³/mol. The Labute approximate surface area is 163 Å². The third-order valence-corrected chi connectivity index (χ3v) is 5.08. The number of amides is 1. The lowest BCUT2D eigenvalue weighted by atomic mass is 9.95. The van der Waals surface area contributed by atoms with E-state index in [9.17, 15) is 4.79 Å². The van der Waals surface area contributed by atoms with Crippen LogP contribution in [0.25, 0.3) is 16.9 Å². The molecule has 144 valence electrons. The van der Waals surface area contributed by atoms with Gasteiger partial charge in [0.05, 0.1) is 12.8 Å². The minimum Gasteiger partial charge on any atom is -0.497 e. The Morgan fingerprint density at radius 2 is 1.93 bits per heavy atom. The minimum atomic E-state index is -0.187. The molecule has 0 radical (unpaired) electrons. The standard InChI is InChI=1S/C21H23N5O2/c1-28-18-9-5-8-17(14-18)26-20(15-10-12-22-13-11-15)19(24-25-26)21(27)23-16-6-3-2-4-7-16/h5,8-14,16H,2-4,6-7H2,1H3,(H,23,27). The lowest BCUT2D eigenvalue weighted by Crippen LogP contribution is -2.36. The first-order valence-electron chi connectivity index (χ1n) is 9.57. The van der Waals surface area contributed by atoms with Crippen molar-refractivity contribution >= 4 is 5.91 Å². The number of ether oxygens (including phenoxy) is 1. The summed E-state index contributed by atoms with van der Waals surface area (Å²) in [6.45, 7) is 0. The van der Waals surface area contributed by atoms with Gasteiger partial charge >= 0.3 is 0 Å². The van der Waals surface area contributed by atoms with Gasteiger partial charge in [-0.2, -0.15) is 0 Å². The Balaban J connectivity index is 1.74. The molecule has 1 saturated carbocycles. The maximum atomic E-state index is 13.0. The summed E-state index contributed by atoms with van der Waals surface area (Å²) in [5.41, 5.74) is 2.57. The van der Waals surface area contributed by atoms with Crippen molar-refractivity contribution in [2.75, 3.05) is 7.11 Å². The van der Waals surface area contributed by atoms with Crippen LogP contribution in [0.1, 0.15) is 42.6 Å². The molecule has 7 nitrogen and oxygen atoms in total. The van der Waals surface area contributed by atoms with Crippen molar-refractivity contribution in [1.29, 1.82) is 0 Å². The van der Waals surface area contributed by atoms with Gasteiger partial charge in [0.15, 0.2) is 5.69 Å². The van der Waals surface area contributed by atoms with E-state index in [1.165, 1.54) is 6.42 Å². The van der Waals surface area contributed by atoms with Gasteiger partial charge in [0.25, 0.3) is 5.91 Å². The van der Waals surface area contributed by atoms with Gasteiger partial charge in [-0.25, -0.2) is 4.68 Å². The highest BCUT2D eigenvalue weighted by molar-refractivity contribution is 5.98. The average Bonchev–Trinajstić information content (AvgIpc) is 3.20. The average molecular weight is 377 g/mol. The van der Waals surface area contributed by atoms with Crippen molar-refractivity contribution in [3.63, 3.8) is 0 Å². The van der Waals surface area contributed by atoms with Gasteiger partial charge in [-0.05, 0) is 37.1 Å². The molecule has 1 aliphatic carbocycles. The molecule has 0 saturated heterocycles. The fraction of sp³-hybridized carbons (Fsp3) is 0.333. The second-order valence-corrected chi connectivity index (χ2v) is 6.94. The molecule has 1 aromatic carbocycles. The number of nitrogens with zero attached hydrogens (tertiary/aromatic N) is 4. The molecule has 1 N–H and O–H groups in total. The summed E-state index contributed by atoms with van der Waals surface area (Å²) < 4.78 is 7.00. The first-order valence-corrected chi connectivity index (χ1v) is 9.57. The van der Waals surface area contributed by atoms with E-state index < -0.39 is 0 Å². The van der Waals surface area contributed by atoms with Crippen molar-refractivity contribution < 1.29 is 9.53 Å². The van der Waals surface area contributed by atoms with E-state index in [4.69, 9.17) is 4.74 Å². The SMILES string of the molecule is COc1cccc(-n2nnc(C(=O)NC3CCCCC3)c2-c2ccncc2)c1. The molecule has 0 spiro atoms. The molecule has 0 unspecified atom stereocenters. The highest BCUT2D eigenvalue weighted by atomic mass is 16.5. The van der Waals surface area contributed by atoms with Crippen LogP contribution in [-0.4, -0.2) is 39.0 Å². The van der Waals surface area contributed by atoms with E-state index in [-0.39, 0.29) is 11.9 Å². The Bertz CT molecular complexity index is 948.